The van der Waals surface area contributed by atoms with Crippen LogP contribution in [0.3, 0.4) is 0 Å². The Hall–Kier alpha value is -2.19. The predicted molar refractivity (Wildman–Crippen MR) is 85.4 cm³/mol. The number of aromatic nitrogens is 3. The summed E-state index contributed by atoms with van der Waals surface area (Å²) in [5.41, 5.74) is 1.83. The molecule has 0 aliphatic heterocycles. The Morgan fingerprint density at radius 1 is 1.24 bits per heavy atom. The van der Waals surface area contributed by atoms with Crippen LogP contribution in [0.5, 0.6) is 0 Å². The summed E-state index contributed by atoms with van der Waals surface area (Å²) >= 11 is 8.75. The smallest absolute Gasteiger partial charge is 0.258 e. The third-order valence-corrected chi connectivity index (χ3v) is 3.86. The minimum Gasteiger partial charge on any atom is -0.258 e. The van der Waals surface area contributed by atoms with Gasteiger partial charge < -0.3 is 0 Å². The van der Waals surface area contributed by atoms with Crippen molar-refractivity contribution in [1.29, 1.82) is 0 Å². The van der Waals surface area contributed by atoms with E-state index in [1.807, 2.05) is 24.3 Å². The number of hydrogen-bond acceptors (Lipinski definition) is 5. The Balaban J connectivity index is 2.11. The van der Waals surface area contributed by atoms with E-state index in [2.05, 4.69) is 26.2 Å². The van der Waals surface area contributed by atoms with Crippen LogP contribution in [0.25, 0.3) is 11.0 Å². The molecule has 1 heterocycles. The first-order chi connectivity index (χ1) is 10.1. The minimum absolute atomic E-state index is 0.0235. The highest BCUT2D eigenvalue weighted by Crippen LogP contribution is 2.20. The van der Waals surface area contributed by atoms with Gasteiger partial charge in [0.05, 0.1) is 4.92 Å². The summed E-state index contributed by atoms with van der Waals surface area (Å²) in [6.07, 6.45) is 0. The van der Waals surface area contributed by atoms with Crippen LogP contribution >= 0.6 is 28.1 Å². The topological polar surface area (TPSA) is 73.8 Å². The Kier molecular flexibility index (Phi) is 3.48. The Labute approximate surface area is 132 Å². The van der Waals surface area contributed by atoms with Crippen LogP contribution in [0.1, 0.15) is 5.56 Å². The number of rotatable bonds is 2. The van der Waals surface area contributed by atoms with Crippen molar-refractivity contribution in [2.75, 3.05) is 0 Å². The largest absolute Gasteiger partial charge is 0.271 e. The highest BCUT2D eigenvalue weighted by Gasteiger charge is 2.14. The zero-order valence-electron chi connectivity index (χ0n) is 10.4. The molecule has 8 heteroatoms. The molecule has 0 saturated carbocycles. The second-order valence-electron chi connectivity index (χ2n) is 4.24. The fourth-order valence-electron chi connectivity index (χ4n) is 1.89. The van der Waals surface area contributed by atoms with E-state index in [9.17, 15) is 10.1 Å². The van der Waals surface area contributed by atoms with Crippen LogP contribution < -0.4 is 0 Å². The molecule has 0 saturated heterocycles. The molecule has 0 aliphatic rings. The van der Waals surface area contributed by atoms with Crippen LogP contribution in [-0.2, 0) is 0 Å². The molecule has 104 valence electrons. The van der Waals surface area contributed by atoms with Crippen LogP contribution in [0.15, 0.2) is 46.9 Å². The molecule has 0 spiro atoms. The van der Waals surface area contributed by atoms with Gasteiger partial charge in [0.2, 0.25) is 0 Å². The lowest BCUT2D eigenvalue weighted by molar-refractivity contribution is -0.384. The second kappa shape index (κ2) is 5.30. The third-order valence-electron chi connectivity index (χ3n) is 2.92. The fourth-order valence-corrected chi connectivity index (χ4v) is 2.42. The van der Waals surface area contributed by atoms with E-state index in [1.54, 1.807) is 6.07 Å². The zero-order valence-corrected chi connectivity index (χ0v) is 12.8. The van der Waals surface area contributed by atoms with Crippen LogP contribution in [0.2, 0.25) is 0 Å². The maximum atomic E-state index is 10.9. The summed E-state index contributed by atoms with van der Waals surface area (Å²) in [6, 6.07) is 11.8. The summed E-state index contributed by atoms with van der Waals surface area (Å²) in [6.45, 7) is 0. The Morgan fingerprint density at radius 2 is 1.95 bits per heavy atom. The number of nitro benzene ring substituents is 1. The number of nitro groups is 1. The summed E-state index contributed by atoms with van der Waals surface area (Å²) in [7, 11) is 0. The molecule has 3 aromatic rings. The van der Waals surface area contributed by atoms with Crippen LogP contribution in [0, 0.1) is 10.1 Å². The number of fused-ring (bicyclic) bond motifs is 1. The van der Waals surface area contributed by atoms with E-state index in [4.69, 9.17) is 12.2 Å². The first-order valence-corrected chi connectivity index (χ1v) is 7.06. The molecule has 0 atom stereocenters. The van der Waals surface area contributed by atoms with Gasteiger partial charge in [-0.1, -0.05) is 45.5 Å². The van der Waals surface area contributed by atoms with Crippen molar-refractivity contribution >= 4 is 49.9 Å². The molecule has 0 amide bonds. The van der Waals surface area contributed by atoms with Crippen LogP contribution in [0.4, 0.5) is 5.69 Å². The van der Waals surface area contributed by atoms with Gasteiger partial charge in [-0.15, -0.1) is 5.10 Å². The number of benzene rings is 2. The molecule has 6 nitrogen and oxygen atoms in total. The molecule has 0 aliphatic carbocycles. The van der Waals surface area contributed by atoms with Gasteiger partial charge in [-0.2, -0.15) is 0 Å². The van der Waals surface area contributed by atoms with E-state index in [0.29, 0.717) is 16.0 Å². The van der Waals surface area contributed by atoms with E-state index >= 15 is 0 Å². The molecule has 0 unspecified atom stereocenters. The van der Waals surface area contributed by atoms with E-state index in [0.717, 1.165) is 10.0 Å². The monoisotopic (exact) mass is 362 g/mol. The molecule has 3 rings (SSSR count). The summed E-state index contributed by atoms with van der Waals surface area (Å²) in [5.74, 6) is 0. The number of hydrogen-bond donors (Lipinski definition) is 0. The van der Waals surface area contributed by atoms with Gasteiger partial charge in [0.1, 0.15) is 16.0 Å². The molecule has 0 fully saturated rings. The summed E-state index contributed by atoms with van der Waals surface area (Å²) in [5, 5.41) is 18.8. The SMILES string of the molecule is O=[N+]([O-])c1ccc2nnn(C(=S)c3ccc(Br)cc3)c2c1. The third kappa shape index (κ3) is 2.55. The maximum absolute atomic E-state index is 10.9. The number of halogens is 1. The van der Waals surface area contributed by atoms with Gasteiger partial charge in [0, 0.05) is 22.2 Å². The van der Waals surface area contributed by atoms with Gasteiger partial charge >= 0.3 is 0 Å². The highest BCUT2D eigenvalue weighted by atomic mass is 79.9. The van der Waals surface area contributed by atoms with Crippen molar-refractivity contribution in [2.45, 2.75) is 0 Å². The van der Waals surface area contributed by atoms with Crippen molar-refractivity contribution in [2.24, 2.45) is 0 Å². The minimum atomic E-state index is -0.459. The van der Waals surface area contributed by atoms with Gasteiger partial charge in [-0.25, -0.2) is 4.68 Å². The lowest BCUT2D eigenvalue weighted by Gasteiger charge is -2.04. The van der Waals surface area contributed by atoms with Crippen molar-refractivity contribution < 1.29 is 4.92 Å². The molecule has 0 radical (unpaired) electrons. The fraction of sp³-hybridized carbons (Fsp3) is 0. The van der Waals surface area contributed by atoms with E-state index in [-0.39, 0.29) is 5.69 Å². The van der Waals surface area contributed by atoms with Crippen molar-refractivity contribution in [3.05, 3.63) is 62.6 Å². The van der Waals surface area contributed by atoms with Gasteiger partial charge in [-0.3, -0.25) is 10.1 Å². The number of nitrogens with zero attached hydrogens (tertiary/aromatic N) is 4. The van der Waals surface area contributed by atoms with Gasteiger partial charge in [0.25, 0.3) is 5.69 Å². The molecular weight excluding hydrogens is 356 g/mol. The van der Waals surface area contributed by atoms with Gasteiger partial charge in [0.15, 0.2) is 0 Å². The molecule has 1 aromatic heterocycles. The van der Waals surface area contributed by atoms with Crippen molar-refractivity contribution in [1.82, 2.24) is 15.0 Å². The number of non-ortho nitro benzene ring substituents is 1. The predicted octanol–water partition coefficient (Wildman–Crippen LogP) is 3.33. The summed E-state index contributed by atoms with van der Waals surface area (Å²) < 4.78 is 2.37. The van der Waals surface area contributed by atoms with Gasteiger partial charge in [-0.05, 0) is 18.2 Å². The zero-order chi connectivity index (χ0) is 15.0. The van der Waals surface area contributed by atoms with Crippen LogP contribution in [-0.4, -0.2) is 24.9 Å². The lowest BCUT2D eigenvalue weighted by Crippen LogP contribution is -2.12. The Bertz CT molecular complexity index is 860. The quantitative estimate of drug-likeness (QED) is 0.397. The average molecular weight is 363 g/mol. The van der Waals surface area contributed by atoms with Crippen molar-refractivity contribution in [3.8, 4) is 0 Å². The normalized spacial score (nSPS) is 10.7. The highest BCUT2D eigenvalue weighted by molar-refractivity contribution is 9.10. The molecule has 0 N–H and O–H groups in total. The second-order valence-corrected chi connectivity index (χ2v) is 5.55. The molecule has 2 aromatic carbocycles. The molecule has 0 bridgehead atoms. The molecule has 21 heavy (non-hydrogen) atoms. The lowest BCUT2D eigenvalue weighted by atomic mass is 10.2. The average Bonchev–Trinajstić information content (AvgIpc) is 2.90. The number of thiocarbonyl (C=S) groups is 1. The first kappa shape index (κ1) is 13.8. The summed E-state index contributed by atoms with van der Waals surface area (Å²) in [4.78, 5) is 10.8. The first-order valence-electron chi connectivity index (χ1n) is 5.86. The van der Waals surface area contributed by atoms with E-state index < -0.39 is 4.92 Å². The Morgan fingerprint density at radius 3 is 2.62 bits per heavy atom. The maximum Gasteiger partial charge on any atom is 0.271 e. The molecular formula is C13H7BrN4O2S. The standard InChI is InChI=1S/C13H7BrN4O2S/c14-9-3-1-8(2-4-9)13(21)17-12-7-10(18(19)20)5-6-11(12)15-16-17/h1-7H. The van der Waals surface area contributed by atoms with Crippen molar-refractivity contribution in [3.63, 3.8) is 0 Å². The van der Waals surface area contributed by atoms with E-state index in [1.165, 1.54) is 16.8 Å².